The van der Waals surface area contributed by atoms with Gasteiger partial charge < -0.3 is 29.0 Å². The number of ether oxygens (including phenoxy) is 5. The third-order valence-corrected chi connectivity index (χ3v) is 5.05. The summed E-state index contributed by atoms with van der Waals surface area (Å²) in [6, 6.07) is 9.75. The first-order chi connectivity index (χ1) is 12.7. The van der Waals surface area contributed by atoms with Crippen LogP contribution in [0.5, 0.6) is 0 Å². The molecule has 1 aromatic rings. The normalized spacial score (nSPS) is 36.5. The van der Waals surface area contributed by atoms with Crippen LogP contribution in [0, 0.1) is 0 Å². The number of hydrogen-bond donors (Lipinski definition) is 1. The number of carbonyl (C=O) groups is 1. The molecule has 3 heterocycles. The summed E-state index contributed by atoms with van der Waals surface area (Å²) in [6.45, 7) is 8.23. The van der Waals surface area contributed by atoms with Crippen LogP contribution in [0.2, 0.25) is 0 Å². The molecule has 0 saturated carbocycles. The summed E-state index contributed by atoms with van der Waals surface area (Å²) in [6.07, 6.45) is -2.34. The van der Waals surface area contributed by atoms with E-state index in [4.69, 9.17) is 23.7 Å². The third-order valence-electron chi connectivity index (χ3n) is 5.05. The second-order valence-corrected chi connectivity index (χ2v) is 8.16. The molecule has 1 aromatic carbocycles. The zero-order valence-corrected chi connectivity index (χ0v) is 16.1. The fourth-order valence-corrected chi connectivity index (χ4v) is 3.90. The summed E-state index contributed by atoms with van der Waals surface area (Å²) >= 11 is 0. The van der Waals surface area contributed by atoms with Gasteiger partial charge >= 0.3 is 0 Å². The van der Waals surface area contributed by atoms with Gasteiger partial charge in [0.1, 0.15) is 24.4 Å². The average molecular weight is 377 g/mol. The Bertz CT molecular complexity index is 691. The summed E-state index contributed by atoms with van der Waals surface area (Å²) in [4.78, 5) is 12.8. The van der Waals surface area contributed by atoms with Crippen molar-refractivity contribution < 1.29 is 28.5 Å². The Kier molecular flexibility index (Phi) is 4.76. The van der Waals surface area contributed by atoms with Crippen molar-refractivity contribution in [2.75, 3.05) is 6.61 Å². The molecule has 7 heteroatoms. The van der Waals surface area contributed by atoms with Crippen molar-refractivity contribution in [3.63, 3.8) is 0 Å². The van der Waals surface area contributed by atoms with Crippen LogP contribution in [0.3, 0.4) is 0 Å². The highest BCUT2D eigenvalue weighted by atomic mass is 16.8. The van der Waals surface area contributed by atoms with Gasteiger partial charge in [-0.25, -0.2) is 0 Å². The smallest absolute Gasteiger partial charge is 0.252 e. The quantitative estimate of drug-likeness (QED) is 0.862. The van der Waals surface area contributed by atoms with E-state index in [1.165, 1.54) is 0 Å². The van der Waals surface area contributed by atoms with Crippen LogP contribution in [0.15, 0.2) is 30.3 Å². The number of benzene rings is 1. The summed E-state index contributed by atoms with van der Waals surface area (Å²) in [5.74, 6) is -1.66. The van der Waals surface area contributed by atoms with E-state index in [0.29, 0.717) is 13.2 Å². The first-order valence-electron chi connectivity index (χ1n) is 9.39. The Morgan fingerprint density at radius 1 is 1.00 bits per heavy atom. The minimum atomic E-state index is -0.774. The van der Waals surface area contributed by atoms with E-state index in [9.17, 15) is 4.79 Å². The Morgan fingerprint density at radius 3 is 2.37 bits per heavy atom. The van der Waals surface area contributed by atoms with E-state index < -0.39 is 29.9 Å². The molecule has 3 aliphatic heterocycles. The van der Waals surface area contributed by atoms with Crippen molar-refractivity contribution in [3.8, 4) is 0 Å². The predicted octanol–water partition coefficient (Wildman–Crippen LogP) is 1.74. The van der Waals surface area contributed by atoms with Gasteiger partial charge in [0.05, 0.1) is 6.61 Å². The zero-order valence-electron chi connectivity index (χ0n) is 16.1. The Labute approximate surface area is 159 Å². The summed E-state index contributed by atoms with van der Waals surface area (Å²) in [5.41, 5.74) is 1.02. The summed E-state index contributed by atoms with van der Waals surface area (Å²) < 4.78 is 29.7. The minimum absolute atomic E-state index is 0.212. The van der Waals surface area contributed by atoms with Gasteiger partial charge in [-0.1, -0.05) is 30.3 Å². The molecule has 5 atom stereocenters. The summed E-state index contributed by atoms with van der Waals surface area (Å²) in [5, 5.41) is 2.94. The average Bonchev–Trinajstić information content (AvgIpc) is 3.23. The van der Waals surface area contributed by atoms with Gasteiger partial charge in [-0.3, -0.25) is 4.79 Å². The second-order valence-electron chi connectivity index (χ2n) is 8.16. The molecular weight excluding hydrogens is 350 g/mol. The van der Waals surface area contributed by atoms with Gasteiger partial charge in [0.15, 0.2) is 17.7 Å². The maximum atomic E-state index is 12.8. The minimum Gasteiger partial charge on any atom is -0.357 e. The fourth-order valence-electron chi connectivity index (χ4n) is 3.90. The molecule has 0 unspecified atom stereocenters. The van der Waals surface area contributed by atoms with E-state index in [2.05, 4.69) is 5.32 Å². The van der Waals surface area contributed by atoms with Crippen molar-refractivity contribution in [3.05, 3.63) is 35.9 Å². The van der Waals surface area contributed by atoms with Gasteiger partial charge in [-0.15, -0.1) is 0 Å². The van der Waals surface area contributed by atoms with Crippen molar-refractivity contribution in [1.29, 1.82) is 0 Å². The van der Waals surface area contributed by atoms with E-state index in [-0.39, 0.29) is 18.1 Å². The predicted molar refractivity (Wildman–Crippen MR) is 95.7 cm³/mol. The van der Waals surface area contributed by atoms with Crippen LogP contribution < -0.4 is 5.32 Å². The van der Waals surface area contributed by atoms with E-state index in [1.807, 2.05) is 58.0 Å². The van der Waals surface area contributed by atoms with E-state index >= 15 is 0 Å². The number of nitrogens with one attached hydrogen (secondary N) is 1. The number of amides is 1. The molecule has 27 heavy (non-hydrogen) atoms. The van der Waals surface area contributed by atoms with Crippen LogP contribution in [0.1, 0.15) is 33.3 Å². The van der Waals surface area contributed by atoms with Crippen molar-refractivity contribution in [2.45, 2.75) is 76.3 Å². The lowest BCUT2D eigenvalue weighted by molar-refractivity contribution is -0.206. The lowest BCUT2D eigenvalue weighted by Crippen LogP contribution is -2.42. The molecular formula is C20H27NO6. The maximum absolute atomic E-state index is 12.8. The molecule has 1 N–H and O–H groups in total. The molecule has 0 radical (unpaired) electrons. The largest absolute Gasteiger partial charge is 0.357 e. The van der Waals surface area contributed by atoms with Crippen molar-refractivity contribution >= 4 is 5.91 Å². The monoisotopic (exact) mass is 377 g/mol. The topological polar surface area (TPSA) is 75.3 Å². The standard InChI is InChI=1S/C20H27NO6/c1-19(2)23-11-13(25-19)14-15-16(27-20(3,4)26-15)17(24-14)18(22)21-10-12-8-6-5-7-9-12/h5-9,13-17H,10-11H2,1-4H3,(H,21,22)/t13-,14-,15+,16+,17+/m1/s1. The van der Waals surface area contributed by atoms with E-state index in [0.717, 1.165) is 5.56 Å². The first kappa shape index (κ1) is 18.8. The van der Waals surface area contributed by atoms with Crippen LogP contribution in [0.4, 0.5) is 0 Å². The van der Waals surface area contributed by atoms with Gasteiger partial charge in [0, 0.05) is 6.54 Å². The zero-order chi connectivity index (χ0) is 19.2. The molecule has 3 saturated heterocycles. The van der Waals surface area contributed by atoms with Crippen LogP contribution in [0.25, 0.3) is 0 Å². The molecule has 4 rings (SSSR count). The molecule has 1 amide bonds. The van der Waals surface area contributed by atoms with Gasteiger partial charge in [-0.2, -0.15) is 0 Å². The molecule has 0 bridgehead atoms. The number of hydrogen-bond acceptors (Lipinski definition) is 6. The van der Waals surface area contributed by atoms with Crippen LogP contribution in [-0.4, -0.2) is 54.6 Å². The number of fused-ring (bicyclic) bond motifs is 1. The lowest BCUT2D eigenvalue weighted by atomic mass is 10.0. The van der Waals surface area contributed by atoms with Gasteiger partial charge in [-0.05, 0) is 33.3 Å². The molecule has 0 aromatic heterocycles. The van der Waals surface area contributed by atoms with E-state index in [1.54, 1.807) is 0 Å². The number of carbonyl (C=O) groups excluding carboxylic acids is 1. The first-order valence-corrected chi connectivity index (χ1v) is 9.39. The molecule has 0 aliphatic carbocycles. The highest BCUT2D eigenvalue weighted by molar-refractivity contribution is 5.82. The molecule has 148 valence electrons. The molecule has 7 nitrogen and oxygen atoms in total. The third kappa shape index (κ3) is 3.88. The highest BCUT2D eigenvalue weighted by Gasteiger charge is 2.60. The second kappa shape index (κ2) is 6.83. The van der Waals surface area contributed by atoms with Crippen molar-refractivity contribution in [1.82, 2.24) is 5.32 Å². The Hall–Kier alpha value is -1.51. The SMILES string of the molecule is CC1(C)O[C@@H]2[C@H](O1)[C@@H](C(=O)NCc1ccccc1)O[C@@H]2[C@H]1COC(C)(C)O1. The van der Waals surface area contributed by atoms with Gasteiger partial charge in [0.2, 0.25) is 0 Å². The van der Waals surface area contributed by atoms with Crippen molar-refractivity contribution in [2.24, 2.45) is 0 Å². The van der Waals surface area contributed by atoms with Gasteiger partial charge in [0.25, 0.3) is 5.91 Å². The molecule has 3 fully saturated rings. The lowest BCUT2D eigenvalue weighted by Gasteiger charge is -2.26. The molecule has 0 spiro atoms. The maximum Gasteiger partial charge on any atom is 0.252 e. The molecule has 3 aliphatic rings. The highest BCUT2D eigenvalue weighted by Crippen LogP contribution is 2.42. The van der Waals surface area contributed by atoms with Crippen LogP contribution >= 0.6 is 0 Å². The Balaban J connectivity index is 1.46. The van der Waals surface area contributed by atoms with Crippen LogP contribution in [-0.2, 0) is 35.0 Å². The Morgan fingerprint density at radius 2 is 1.70 bits per heavy atom. The number of rotatable bonds is 4. The fraction of sp³-hybridized carbons (Fsp3) is 0.650. The summed E-state index contributed by atoms with van der Waals surface area (Å²) in [7, 11) is 0.